The minimum atomic E-state index is -0.237. The Morgan fingerprint density at radius 1 is 1.43 bits per heavy atom. The number of hydrogen-bond donors (Lipinski definition) is 1. The van der Waals surface area contributed by atoms with Crippen LogP contribution in [0, 0.1) is 5.82 Å². The topological polar surface area (TPSA) is 32.9 Å². The van der Waals surface area contributed by atoms with Crippen molar-refractivity contribution >= 4 is 17.2 Å². The third-order valence-corrected chi connectivity index (χ3v) is 2.25. The number of rotatable bonds is 3. The van der Waals surface area contributed by atoms with Gasteiger partial charge in [0.2, 0.25) is 0 Å². The maximum Gasteiger partial charge on any atom is 0.127 e. The van der Waals surface area contributed by atoms with Crippen molar-refractivity contribution in [2.45, 2.75) is 12.8 Å². The van der Waals surface area contributed by atoms with E-state index < -0.39 is 0 Å². The second-order valence-corrected chi connectivity index (χ2v) is 3.21. The van der Waals surface area contributed by atoms with Crippen LogP contribution in [-0.4, -0.2) is 11.3 Å². The molecule has 0 aliphatic heterocycles. The molecule has 0 atom stereocenters. The van der Waals surface area contributed by atoms with E-state index in [1.807, 2.05) is 6.07 Å². The summed E-state index contributed by atoms with van der Waals surface area (Å²) in [6.45, 7) is 0. The van der Waals surface area contributed by atoms with Crippen LogP contribution in [-0.2, 0) is 11.2 Å². The Hall–Kier alpha value is -1.64. The average Bonchev–Trinajstić information content (AvgIpc) is 2.61. The lowest BCUT2D eigenvalue weighted by molar-refractivity contribution is -0.107. The molecule has 0 saturated carbocycles. The van der Waals surface area contributed by atoms with Crippen LogP contribution in [0.1, 0.15) is 12.0 Å². The van der Waals surface area contributed by atoms with E-state index in [2.05, 4.69) is 4.98 Å². The zero-order chi connectivity index (χ0) is 9.97. The third-order valence-electron chi connectivity index (χ3n) is 2.25. The summed E-state index contributed by atoms with van der Waals surface area (Å²) in [5, 5.41) is 0.859. The van der Waals surface area contributed by atoms with Gasteiger partial charge in [0, 0.05) is 23.5 Å². The largest absolute Gasteiger partial charge is 0.361 e. The molecule has 0 radical (unpaired) electrons. The smallest absolute Gasteiger partial charge is 0.127 e. The summed E-state index contributed by atoms with van der Waals surface area (Å²) in [6.07, 6.45) is 3.40. The van der Waals surface area contributed by atoms with E-state index in [1.165, 1.54) is 6.07 Å². The summed E-state index contributed by atoms with van der Waals surface area (Å²) in [4.78, 5) is 13.2. The van der Waals surface area contributed by atoms with Gasteiger partial charge in [-0.1, -0.05) is 0 Å². The molecule has 0 spiro atoms. The molecule has 0 bridgehead atoms. The summed E-state index contributed by atoms with van der Waals surface area (Å²) in [7, 11) is 0. The number of fused-ring (bicyclic) bond motifs is 1. The third kappa shape index (κ3) is 1.53. The van der Waals surface area contributed by atoms with Crippen LogP contribution in [0.5, 0.6) is 0 Å². The van der Waals surface area contributed by atoms with Gasteiger partial charge in [0.1, 0.15) is 12.1 Å². The molecular formula is C11H10FNO. The minimum absolute atomic E-state index is 0.237. The molecule has 0 aliphatic rings. The number of H-pyrrole nitrogens is 1. The maximum atomic E-state index is 13.4. The van der Waals surface area contributed by atoms with Crippen LogP contribution in [0.2, 0.25) is 0 Å². The lowest BCUT2D eigenvalue weighted by Crippen LogP contribution is -1.91. The molecule has 2 rings (SSSR count). The standard InChI is InChI=1S/C11H10FNO/c12-10-6-9-3-4-13-11(9)7-8(10)2-1-5-14/h3-7,13H,1-2H2. The predicted octanol–water partition coefficient (Wildman–Crippen LogP) is 2.44. The van der Waals surface area contributed by atoms with Crippen molar-refractivity contribution in [2.24, 2.45) is 0 Å². The van der Waals surface area contributed by atoms with Gasteiger partial charge >= 0.3 is 0 Å². The van der Waals surface area contributed by atoms with Crippen LogP contribution < -0.4 is 0 Å². The Balaban J connectivity index is 2.42. The molecule has 1 heterocycles. The number of aromatic amines is 1. The SMILES string of the molecule is O=CCCc1cc2[nH]ccc2cc1F. The fourth-order valence-electron chi connectivity index (χ4n) is 1.52. The number of carbonyl (C=O) groups excluding carboxylic acids is 1. The van der Waals surface area contributed by atoms with E-state index in [9.17, 15) is 9.18 Å². The molecule has 3 heteroatoms. The van der Waals surface area contributed by atoms with E-state index >= 15 is 0 Å². The number of benzene rings is 1. The molecule has 72 valence electrons. The van der Waals surface area contributed by atoms with Crippen molar-refractivity contribution in [3.8, 4) is 0 Å². The number of carbonyl (C=O) groups is 1. The summed E-state index contributed by atoms with van der Waals surface area (Å²) < 4.78 is 13.4. The fourth-order valence-corrected chi connectivity index (χ4v) is 1.52. The predicted molar refractivity (Wildman–Crippen MR) is 52.6 cm³/mol. The van der Waals surface area contributed by atoms with Crippen molar-refractivity contribution in [2.75, 3.05) is 0 Å². The molecule has 1 aromatic heterocycles. The second kappa shape index (κ2) is 3.62. The summed E-state index contributed by atoms with van der Waals surface area (Å²) in [5.74, 6) is -0.237. The van der Waals surface area contributed by atoms with E-state index in [-0.39, 0.29) is 5.82 Å². The van der Waals surface area contributed by atoms with Gasteiger partial charge < -0.3 is 9.78 Å². The van der Waals surface area contributed by atoms with Crippen LogP contribution >= 0.6 is 0 Å². The van der Waals surface area contributed by atoms with Gasteiger partial charge in [0.25, 0.3) is 0 Å². The molecule has 0 aliphatic carbocycles. The highest BCUT2D eigenvalue weighted by Crippen LogP contribution is 2.18. The number of nitrogens with one attached hydrogen (secondary N) is 1. The van der Waals surface area contributed by atoms with Crippen molar-refractivity contribution in [3.63, 3.8) is 0 Å². The monoisotopic (exact) mass is 191 g/mol. The Kier molecular flexibility index (Phi) is 2.31. The average molecular weight is 191 g/mol. The van der Waals surface area contributed by atoms with Crippen molar-refractivity contribution in [1.29, 1.82) is 0 Å². The van der Waals surface area contributed by atoms with Crippen LogP contribution in [0.25, 0.3) is 10.9 Å². The van der Waals surface area contributed by atoms with E-state index in [4.69, 9.17) is 0 Å². The molecule has 0 fully saturated rings. The molecular weight excluding hydrogens is 181 g/mol. The molecule has 0 unspecified atom stereocenters. The molecule has 0 saturated heterocycles. The first-order valence-electron chi connectivity index (χ1n) is 4.50. The lowest BCUT2D eigenvalue weighted by atomic mass is 10.1. The molecule has 1 aromatic carbocycles. The van der Waals surface area contributed by atoms with Crippen molar-refractivity contribution in [1.82, 2.24) is 4.98 Å². The minimum Gasteiger partial charge on any atom is -0.361 e. The maximum absolute atomic E-state index is 13.4. The first-order chi connectivity index (χ1) is 6.81. The Labute approximate surface area is 80.7 Å². The van der Waals surface area contributed by atoms with Gasteiger partial charge in [-0.15, -0.1) is 0 Å². The van der Waals surface area contributed by atoms with Gasteiger partial charge in [-0.3, -0.25) is 0 Å². The van der Waals surface area contributed by atoms with E-state index in [1.54, 1.807) is 12.3 Å². The van der Waals surface area contributed by atoms with Crippen LogP contribution in [0.15, 0.2) is 24.4 Å². The van der Waals surface area contributed by atoms with Crippen LogP contribution in [0.4, 0.5) is 4.39 Å². The number of aldehydes is 1. The van der Waals surface area contributed by atoms with E-state index in [0.29, 0.717) is 18.4 Å². The van der Waals surface area contributed by atoms with Gasteiger partial charge in [-0.05, 0) is 30.2 Å². The van der Waals surface area contributed by atoms with Gasteiger partial charge in [0.15, 0.2) is 0 Å². The highest BCUT2D eigenvalue weighted by Gasteiger charge is 2.04. The van der Waals surface area contributed by atoms with E-state index in [0.717, 1.165) is 17.2 Å². The Bertz CT molecular complexity index is 461. The summed E-state index contributed by atoms with van der Waals surface area (Å²) in [6, 6.07) is 5.07. The molecule has 2 aromatic rings. The van der Waals surface area contributed by atoms with Crippen LogP contribution in [0.3, 0.4) is 0 Å². The number of halogens is 1. The Morgan fingerprint density at radius 3 is 3.07 bits per heavy atom. The highest BCUT2D eigenvalue weighted by molar-refractivity contribution is 5.80. The quantitative estimate of drug-likeness (QED) is 0.742. The number of aromatic nitrogens is 1. The van der Waals surface area contributed by atoms with Crippen molar-refractivity contribution < 1.29 is 9.18 Å². The summed E-state index contributed by atoms with van der Waals surface area (Å²) >= 11 is 0. The van der Waals surface area contributed by atoms with Gasteiger partial charge in [-0.25, -0.2) is 4.39 Å². The molecule has 1 N–H and O–H groups in total. The molecule has 14 heavy (non-hydrogen) atoms. The first kappa shape index (κ1) is 8.94. The molecule has 2 nitrogen and oxygen atoms in total. The van der Waals surface area contributed by atoms with Crippen molar-refractivity contribution in [3.05, 3.63) is 35.8 Å². The van der Waals surface area contributed by atoms with Gasteiger partial charge in [-0.2, -0.15) is 0 Å². The highest BCUT2D eigenvalue weighted by atomic mass is 19.1. The lowest BCUT2D eigenvalue weighted by Gasteiger charge is -2.00. The molecule has 0 amide bonds. The number of aryl methyl sites for hydroxylation is 1. The number of hydrogen-bond acceptors (Lipinski definition) is 1. The second-order valence-electron chi connectivity index (χ2n) is 3.21. The van der Waals surface area contributed by atoms with Gasteiger partial charge in [0.05, 0.1) is 0 Å². The zero-order valence-corrected chi connectivity index (χ0v) is 7.59. The fraction of sp³-hybridized carbons (Fsp3) is 0.182. The normalized spacial score (nSPS) is 10.6. The zero-order valence-electron chi connectivity index (χ0n) is 7.59. The Morgan fingerprint density at radius 2 is 2.29 bits per heavy atom. The summed E-state index contributed by atoms with van der Waals surface area (Å²) in [5.41, 5.74) is 1.50. The first-order valence-corrected chi connectivity index (χ1v) is 4.50.